The molecule has 0 saturated carbocycles. The van der Waals surface area contributed by atoms with Gasteiger partial charge >= 0.3 is 0 Å². The van der Waals surface area contributed by atoms with Crippen LogP contribution < -0.4 is 10.1 Å². The van der Waals surface area contributed by atoms with Crippen molar-refractivity contribution >= 4 is 10.8 Å². The monoisotopic (exact) mass is 287 g/mol. The smallest absolute Gasteiger partial charge is 0.124 e. The van der Waals surface area contributed by atoms with Gasteiger partial charge in [-0.1, -0.05) is 37.3 Å². The van der Waals surface area contributed by atoms with Crippen LogP contribution in [0.25, 0.3) is 10.8 Å². The summed E-state index contributed by atoms with van der Waals surface area (Å²) in [6.07, 6.45) is 2.04. The Morgan fingerprint density at radius 1 is 1.05 bits per heavy atom. The van der Waals surface area contributed by atoms with E-state index in [1.807, 2.05) is 0 Å². The highest BCUT2D eigenvalue weighted by molar-refractivity contribution is 5.87. The number of ether oxygens (including phenoxy) is 2. The summed E-state index contributed by atoms with van der Waals surface area (Å²) in [6, 6.07) is 12.7. The van der Waals surface area contributed by atoms with E-state index in [4.69, 9.17) is 9.47 Å². The Balaban J connectivity index is 2.18. The third-order valence-corrected chi connectivity index (χ3v) is 3.48. The maximum absolute atomic E-state index is 5.96. The second-order valence-corrected chi connectivity index (χ2v) is 5.13. The van der Waals surface area contributed by atoms with Crippen LogP contribution in [0, 0.1) is 0 Å². The Labute approximate surface area is 127 Å². The van der Waals surface area contributed by atoms with Gasteiger partial charge in [0.25, 0.3) is 0 Å². The molecule has 2 rings (SSSR count). The van der Waals surface area contributed by atoms with Crippen LogP contribution in [-0.2, 0) is 11.3 Å². The van der Waals surface area contributed by atoms with Crippen LogP contribution in [0.5, 0.6) is 5.75 Å². The van der Waals surface area contributed by atoms with Gasteiger partial charge in [-0.3, -0.25) is 0 Å². The van der Waals surface area contributed by atoms with Crippen molar-refractivity contribution in [1.82, 2.24) is 5.32 Å². The normalized spacial score (nSPS) is 11.0. The van der Waals surface area contributed by atoms with Gasteiger partial charge in [-0.25, -0.2) is 0 Å². The molecule has 114 valence electrons. The van der Waals surface area contributed by atoms with Gasteiger partial charge < -0.3 is 14.8 Å². The maximum atomic E-state index is 5.96. The predicted octanol–water partition coefficient (Wildman–Crippen LogP) is 3.75. The van der Waals surface area contributed by atoms with Crippen LogP contribution in [0.3, 0.4) is 0 Å². The van der Waals surface area contributed by atoms with E-state index in [0.717, 1.165) is 38.3 Å². The van der Waals surface area contributed by atoms with E-state index in [2.05, 4.69) is 48.6 Å². The van der Waals surface area contributed by atoms with Crippen LogP contribution in [0.4, 0.5) is 0 Å². The lowest BCUT2D eigenvalue weighted by atomic mass is 10.0. The predicted molar refractivity (Wildman–Crippen MR) is 87.9 cm³/mol. The molecule has 3 nitrogen and oxygen atoms in total. The highest BCUT2D eigenvalue weighted by Crippen LogP contribution is 2.28. The van der Waals surface area contributed by atoms with Crippen LogP contribution in [-0.4, -0.2) is 26.9 Å². The van der Waals surface area contributed by atoms with Crippen molar-refractivity contribution in [2.75, 3.05) is 26.9 Å². The molecule has 21 heavy (non-hydrogen) atoms. The maximum Gasteiger partial charge on any atom is 0.124 e. The molecule has 0 aromatic heterocycles. The first-order valence-electron chi connectivity index (χ1n) is 7.70. The van der Waals surface area contributed by atoms with Crippen molar-refractivity contribution in [3.8, 4) is 5.75 Å². The molecule has 0 unspecified atom stereocenters. The number of methoxy groups -OCH3 is 1. The molecule has 0 bridgehead atoms. The third kappa shape index (κ3) is 4.45. The van der Waals surface area contributed by atoms with Gasteiger partial charge in [0.2, 0.25) is 0 Å². The number of hydrogen-bond acceptors (Lipinski definition) is 3. The minimum atomic E-state index is 0.687. The van der Waals surface area contributed by atoms with E-state index in [1.165, 1.54) is 16.3 Å². The summed E-state index contributed by atoms with van der Waals surface area (Å²) < 4.78 is 11.0. The average Bonchev–Trinajstić information content (AvgIpc) is 2.53. The highest BCUT2D eigenvalue weighted by atomic mass is 16.5. The van der Waals surface area contributed by atoms with Crippen LogP contribution >= 0.6 is 0 Å². The second-order valence-electron chi connectivity index (χ2n) is 5.13. The molecule has 2 aromatic rings. The summed E-state index contributed by atoms with van der Waals surface area (Å²) in [5.41, 5.74) is 1.25. The van der Waals surface area contributed by atoms with E-state index in [-0.39, 0.29) is 0 Å². The first kappa shape index (κ1) is 15.8. The summed E-state index contributed by atoms with van der Waals surface area (Å²) in [7, 11) is 1.72. The minimum Gasteiger partial charge on any atom is -0.493 e. The zero-order chi connectivity index (χ0) is 14.9. The Bertz CT molecular complexity index is 554. The van der Waals surface area contributed by atoms with Gasteiger partial charge in [0.05, 0.1) is 6.61 Å². The molecule has 0 atom stereocenters. The summed E-state index contributed by atoms with van der Waals surface area (Å²) >= 11 is 0. The molecule has 0 aliphatic carbocycles. The average molecular weight is 287 g/mol. The molecular weight excluding hydrogens is 262 g/mol. The van der Waals surface area contributed by atoms with Gasteiger partial charge in [-0.15, -0.1) is 0 Å². The first-order valence-corrected chi connectivity index (χ1v) is 7.70. The Kier molecular flexibility index (Phi) is 6.51. The Morgan fingerprint density at radius 2 is 1.90 bits per heavy atom. The number of fused-ring (bicyclic) bond motifs is 1. The van der Waals surface area contributed by atoms with E-state index < -0.39 is 0 Å². The summed E-state index contributed by atoms with van der Waals surface area (Å²) in [5.74, 6) is 0.980. The minimum absolute atomic E-state index is 0.687. The van der Waals surface area contributed by atoms with E-state index >= 15 is 0 Å². The summed E-state index contributed by atoms with van der Waals surface area (Å²) in [6.45, 7) is 5.46. The van der Waals surface area contributed by atoms with Crippen LogP contribution in [0.2, 0.25) is 0 Å². The largest absolute Gasteiger partial charge is 0.493 e. The van der Waals surface area contributed by atoms with Crippen LogP contribution in [0.1, 0.15) is 25.3 Å². The fourth-order valence-corrected chi connectivity index (χ4v) is 2.41. The molecule has 2 aromatic carbocycles. The van der Waals surface area contributed by atoms with Crippen molar-refractivity contribution < 1.29 is 9.47 Å². The molecule has 0 fully saturated rings. The van der Waals surface area contributed by atoms with Crippen molar-refractivity contribution in [3.05, 3.63) is 42.0 Å². The fourth-order valence-electron chi connectivity index (χ4n) is 2.41. The third-order valence-electron chi connectivity index (χ3n) is 3.48. The number of nitrogens with one attached hydrogen (secondary N) is 1. The molecule has 0 amide bonds. The quantitative estimate of drug-likeness (QED) is 0.712. The first-order chi connectivity index (χ1) is 10.4. The van der Waals surface area contributed by atoms with Crippen LogP contribution in [0.15, 0.2) is 36.4 Å². The molecule has 0 spiro atoms. The Hall–Kier alpha value is -1.58. The van der Waals surface area contributed by atoms with E-state index in [9.17, 15) is 0 Å². The van der Waals surface area contributed by atoms with Gasteiger partial charge in [-0.2, -0.15) is 0 Å². The summed E-state index contributed by atoms with van der Waals surface area (Å²) in [4.78, 5) is 0. The second kappa shape index (κ2) is 8.65. The molecule has 0 aliphatic heterocycles. The molecule has 0 aliphatic rings. The molecule has 0 saturated heterocycles. The lowest BCUT2D eigenvalue weighted by Crippen LogP contribution is -2.15. The lowest BCUT2D eigenvalue weighted by molar-refractivity contribution is 0.172. The van der Waals surface area contributed by atoms with Crippen molar-refractivity contribution in [1.29, 1.82) is 0 Å². The number of hydrogen-bond donors (Lipinski definition) is 1. The number of benzene rings is 2. The lowest BCUT2D eigenvalue weighted by Gasteiger charge is -2.15. The zero-order valence-electron chi connectivity index (χ0n) is 13.0. The fraction of sp³-hybridized carbons (Fsp3) is 0.444. The highest BCUT2D eigenvalue weighted by Gasteiger charge is 2.08. The van der Waals surface area contributed by atoms with E-state index in [1.54, 1.807) is 7.11 Å². The van der Waals surface area contributed by atoms with Gasteiger partial charge in [-0.05, 0) is 29.8 Å². The van der Waals surface area contributed by atoms with Crippen molar-refractivity contribution in [2.45, 2.75) is 26.3 Å². The van der Waals surface area contributed by atoms with Crippen molar-refractivity contribution in [2.24, 2.45) is 0 Å². The number of rotatable bonds is 9. The topological polar surface area (TPSA) is 30.5 Å². The Morgan fingerprint density at radius 3 is 2.71 bits per heavy atom. The van der Waals surface area contributed by atoms with E-state index in [0.29, 0.717) is 6.61 Å². The SMILES string of the molecule is CCCNCc1c(OCCCOC)ccc2ccccc12. The summed E-state index contributed by atoms with van der Waals surface area (Å²) in [5, 5.41) is 6.01. The van der Waals surface area contributed by atoms with Gasteiger partial charge in [0, 0.05) is 32.2 Å². The molecule has 0 radical (unpaired) electrons. The van der Waals surface area contributed by atoms with Gasteiger partial charge in [0.15, 0.2) is 0 Å². The molecule has 1 N–H and O–H groups in total. The molecular formula is C18H25NO2. The van der Waals surface area contributed by atoms with Gasteiger partial charge in [0.1, 0.15) is 5.75 Å². The van der Waals surface area contributed by atoms with Crippen molar-refractivity contribution in [3.63, 3.8) is 0 Å². The molecule has 3 heteroatoms. The zero-order valence-corrected chi connectivity index (χ0v) is 13.0. The standard InChI is InChI=1S/C18H25NO2/c1-3-11-19-14-17-16-8-5-4-7-15(16)9-10-18(17)21-13-6-12-20-2/h4-5,7-10,19H,3,6,11-14H2,1-2H3. The molecule has 0 heterocycles.